The molecule has 0 aromatic rings. The summed E-state index contributed by atoms with van der Waals surface area (Å²) in [6, 6.07) is 0. The Morgan fingerprint density at radius 1 is 2.00 bits per heavy atom. The van der Waals surface area contributed by atoms with Crippen molar-refractivity contribution in [3.63, 3.8) is 0 Å². The molecule has 1 saturated heterocycles. The number of nitrogens with two attached hydrogens (primary N) is 1. The van der Waals surface area contributed by atoms with Gasteiger partial charge in [0.1, 0.15) is 0 Å². The molecule has 0 bridgehead atoms. The van der Waals surface area contributed by atoms with Gasteiger partial charge >= 0.3 is 0 Å². The lowest BCUT2D eigenvalue weighted by atomic mass is 10.1. The predicted octanol–water partition coefficient (Wildman–Crippen LogP) is -0.179. The maximum absolute atomic E-state index is 5.45. The van der Waals surface area contributed by atoms with Gasteiger partial charge in [0.25, 0.3) is 0 Å². The van der Waals surface area contributed by atoms with E-state index in [0.717, 1.165) is 6.54 Å². The lowest BCUT2D eigenvalue weighted by Crippen LogP contribution is -2.52. The molecule has 2 nitrogen and oxygen atoms in total. The van der Waals surface area contributed by atoms with E-state index in [4.69, 9.17) is 5.73 Å². The van der Waals surface area contributed by atoms with Crippen LogP contribution in [0.3, 0.4) is 0 Å². The lowest BCUT2D eigenvalue weighted by molar-refractivity contribution is 0.505. The fourth-order valence-corrected chi connectivity index (χ4v) is 0.619. The summed E-state index contributed by atoms with van der Waals surface area (Å²) in [6.45, 7) is 2.99. The third-order valence-corrected chi connectivity index (χ3v) is 1.30. The number of nitrogens with one attached hydrogen (secondary N) is 1. The molecule has 7 heavy (non-hydrogen) atoms. The molecule has 0 saturated carbocycles. The SMILES string of the molecule is C/C=C1\CNC1N. The fourth-order valence-electron chi connectivity index (χ4n) is 0.619. The van der Waals surface area contributed by atoms with E-state index in [1.807, 2.05) is 6.92 Å². The summed E-state index contributed by atoms with van der Waals surface area (Å²) in [5.41, 5.74) is 6.77. The minimum Gasteiger partial charge on any atom is -0.312 e. The molecule has 1 rings (SSSR count). The van der Waals surface area contributed by atoms with Crippen LogP contribution in [-0.4, -0.2) is 12.7 Å². The first-order valence-electron chi connectivity index (χ1n) is 2.48. The van der Waals surface area contributed by atoms with E-state index in [9.17, 15) is 0 Å². The third kappa shape index (κ3) is 0.667. The van der Waals surface area contributed by atoms with Gasteiger partial charge in [-0.3, -0.25) is 5.32 Å². The molecule has 1 unspecified atom stereocenters. The zero-order chi connectivity index (χ0) is 5.28. The maximum Gasteiger partial charge on any atom is 0.0783 e. The molecule has 3 N–H and O–H groups in total. The summed E-state index contributed by atoms with van der Waals surface area (Å²) < 4.78 is 0. The number of rotatable bonds is 0. The average Bonchev–Trinajstić information content (AvgIpc) is 1.65. The molecule has 1 fully saturated rings. The highest BCUT2D eigenvalue weighted by Gasteiger charge is 2.15. The van der Waals surface area contributed by atoms with E-state index < -0.39 is 0 Å². The van der Waals surface area contributed by atoms with Crippen LogP contribution in [0.4, 0.5) is 0 Å². The van der Waals surface area contributed by atoms with E-state index in [2.05, 4.69) is 11.4 Å². The van der Waals surface area contributed by atoms with Crippen LogP contribution >= 0.6 is 0 Å². The Morgan fingerprint density at radius 3 is 2.71 bits per heavy atom. The second kappa shape index (κ2) is 1.64. The molecule has 40 valence electrons. The quantitative estimate of drug-likeness (QED) is 0.412. The first-order valence-corrected chi connectivity index (χ1v) is 2.48. The highest BCUT2D eigenvalue weighted by molar-refractivity contribution is 5.17. The van der Waals surface area contributed by atoms with Crippen molar-refractivity contribution in [3.05, 3.63) is 11.6 Å². The van der Waals surface area contributed by atoms with Crippen LogP contribution in [-0.2, 0) is 0 Å². The van der Waals surface area contributed by atoms with Gasteiger partial charge in [-0.2, -0.15) is 0 Å². The van der Waals surface area contributed by atoms with Crippen molar-refractivity contribution in [2.24, 2.45) is 5.73 Å². The van der Waals surface area contributed by atoms with Crippen molar-refractivity contribution < 1.29 is 0 Å². The van der Waals surface area contributed by atoms with Gasteiger partial charge in [0.05, 0.1) is 6.17 Å². The van der Waals surface area contributed by atoms with Gasteiger partial charge in [-0.1, -0.05) is 6.08 Å². The van der Waals surface area contributed by atoms with E-state index in [1.54, 1.807) is 0 Å². The summed E-state index contributed by atoms with van der Waals surface area (Å²) in [7, 11) is 0. The van der Waals surface area contributed by atoms with E-state index in [-0.39, 0.29) is 6.17 Å². The van der Waals surface area contributed by atoms with Crippen molar-refractivity contribution in [1.29, 1.82) is 0 Å². The Balaban J connectivity index is 2.44. The third-order valence-electron chi connectivity index (χ3n) is 1.30. The van der Waals surface area contributed by atoms with Crippen LogP contribution in [0.25, 0.3) is 0 Å². The standard InChI is InChI=1S/C5H10N2/c1-2-4-3-7-5(4)6/h2,5,7H,3,6H2,1H3/b4-2+. The molecule has 1 aliphatic heterocycles. The maximum atomic E-state index is 5.45. The first kappa shape index (κ1) is 4.81. The predicted molar refractivity (Wildman–Crippen MR) is 29.7 cm³/mol. The number of hydrogen-bond donors (Lipinski definition) is 2. The molecule has 0 spiro atoms. The highest BCUT2D eigenvalue weighted by Crippen LogP contribution is 2.03. The van der Waals surface area contributed by atoms with Gasteiger partial charge in [0.2, 0.25) is 0 Å². The largest absolute Gasteiger partial charge is 0.312 e. The van der Waals surface area contributed by atoms with Crippen LogP contribution in [0.2, 0.25) is 0 Å². The monoisotopic (exact) mass is 98.1 g/mol. The minimum absolute atomic E-state index is 0.157. The van der Waals surface area contributed by atoms with Crippen molar-refractivity contribution >= 4 is 0 Å². The Hall–Kier alpha value is -0.340. The van der Waals surface area contributed by atoms with Crippen LogP contribution in [0.5, 0.6) is 0 Å². The minimum atomic E-state index is 0.157. The molecule has 0 aromatic carbocycles. The van der Waals surface area contributed by atoms with Crippen LogP contribution in [0.1, 0.15) is 6.92 Å². The number of hydrogen-bond acceptors (Lipinski definition) is 2. The second-order valence-electron chi connectivity index (χ2n) is 1.72. The zero-order valence-electron chi connectivity index (χ0n) is 4.44. The van der Waals surface area contributed by atoms with Crippen molar-refractivity contribution in [2.75, 3.05) is 6.54 Å². The molecule has 0 radical (unpaired) electrons. The molecular formula is C5H10N2. The van der Waals surface area contributed by atoms with Crippen molar-refractivity contribution in [3.8, 4) is 0 Å². The summed E-state index contributed by atoms with van der Waals surface area (Å²) in [5.74, 6) is 0. The molecular weight excluding hydrogens is 88.1 g/mol. The van der Waals surface area contributed by atoms with Crippen LogP contribution in [0, 0.1) is 0 Å². The van der Waals surface area contributed by atoms with Crippen molar-refractivity contribution in [2.45, 2.75) is 13.1 Å². The smallest absolute Gasteiger partial charge is 0.0783 e. The fraction of sp³-hybridized carbons (Fsp3) is 0.600. The molecule has 1 aliphatic rings. The molecule has 1 heterocycles. The van der Waals surface area contributed by atoms with E-state index in [1.165, 1.54) is 5.57 Å². The van der Waals surface area contributed by atoms with E-state index in [0.29, 0.717) is 0 Å². The second-order valence-corrected chi connectivity index (χ2v) is 1.72. The van der Waals surface area contributed by atoms with Gasteiger partial charge in [0.15, 0.2) is 0 Å². The van der Waals surface area contributed by atoms with Crippen LogP contribution in [0.15, 0.2) is 11.6 Å². The highest BCUT2D eigenvalue weighted by atomic mass is 15.1. The topological polar surface area (TPSA) is 38.0 Å². The van der Waals surface area contributed by atoms with Gasteiger partial charge < -0.3 is 5.73 Å². The zero-order valence-corrected chi connectivity index (χ0v) is 4.44. The Kier molecular flexibility index (Phi) is 1.13. The van der Waals surface area contributed by atoms with E-state index >= 15 is 0 Å². The lowest BCUT2D eigenvalue weighted by Gasteiger charge is -2.27. The van der Waals surface area contributed by atoms with Crippen molar-refractivity contribution in [1.82, 2.24) is 5.32 Å². The van der Waals surface area contributed by atoms with Gasteiger partial charge in [0, 0.05) is 6.54 Å². The summed E-state index contributed by atoms with van der Waals surface area (Å²) in [5, 5.41) is 3.02. The Labute approximate surface area is 43.4 Å². The molecule has 0 aromatic heterocycles. The van der Waals surface area contributed by atoms with Gasteiger partial charge in [-0.15, -0.1) is 0 Å². The Bertz CT molecular complexity index is 96.3. The molecule has 0 aliphatic carbocycles. The first-order chi connectivity index (χ1) is 3.34. The molecule has 1 atom stereocenters. The average molecular weight is 98.1 g/mol. The number of allylic oxidation sites excluding steroid dienone is 1. The summed E-state index contributed by atoms with van der Waals surface area (Å²) in [6.07, 6.45) is 2.21. The molecule has 0 amide bonds. The Morgan fingerprint density at radius 2 is 2.71 bits per heavy atom. The molecule has 2 heteroatoms. The summed E-state index contributed by atoms with van der Waals surface area (Å²) >= 11 is 0. The summed E-state index contributed by atoms with van der Waals surface area (Å²) in [4.78, 5) is 0. The van der Waals surface area contributed by atoms with Crippen LogP contribution < -0.4 is 11.1 Å². The van der Waals surface area contributed by atoms with Gasteiger partial charge in [-0.05, 0) is 12.5 Å². The van der Waals surface area contributed by atoms with Gasteiger partial charge in [-0.25, -0.2) is 0 Å². The normalized spacial score (nSPS) is 35.7.